The fraction of sp³-hybridized carbons (Fsp3) is 0.250. The van der Waals surface area contributed by atoms with Crippen molar-refractivity contribution in [3.8, 4) is 0 Å². The number of aromatic nitrogens is 1. The lowest BCUT2D eigenvalue weighted by atomic mass is 10.2. The Balaban J connectivity index is 0.000000144. The molecule has 3 rings (SSSR count). The predicted octanol–water partition coefficient (Wildman–Crippen LogP) is 1.80. The van der Waals surface area contributed by atoms with Crippen LogP contribution < -0.4 is 5.32 Å². The van der Waals surface area contributed by atoms with Crippen molar-refractivity contribution in [2.24, 2.45) is 0 Å². The third-order valence-corrected chi connectivity index (χ3v) is 2.14. The molecule has 15 heavy (non-hydrogen) atoms. The van der Waals surface area contributed by atoms with Crippen molar-refractivity contribution in [2.75, 3.05) is 19.9 Å². The molecule has 0 spiro atoms. The van der Waals surface area contributed by atoms with E-state index in [9.17, 15) is 0 Å². The second-order valence-corrected chi connectivity index (χ2v) is 3.25. The second-order valence-electron chi connectivity index (χ2n) is 3.25. The Morgan fingerprint density at radius 1 is 1.13 bits per heavy atom. The van der Waals surface area contributed by atoms with Crippen LogP contribution in [0.3, 0.4) is 0 Å². The zero-order valence-corrected chi connectivity index (χ0v) is 8.52. The molecule has 2 heterocycles. The molecule has 3 nitrogen and oxygen atoms in total. The standard InChI is InChI=1S/C9H7N.C3H7NO/c1-2-6-9-8(4-1)5-3-7-10-9;1-2-5-3-4-1/h1-7H;4H,1-3H2. The molecule has 1 fully saturated rings. The first kappa shape index (κ1) is 10.1. The van der Waals surface area contributed by atoms with Gasteiger partial charge in [0, 0.05) is 18.1 Å². The van der Waals surface area contributed by atoms with Gasteiger partial charge in [0.25, 0.3) is 0 Å². The summed E-state index contributed by atoms with van der Waals surface area (Å²) in [7, 11) is 0. The quantitative estimate of drug-likeness (QED) is 0.707. The first-order valence-electron chi connectivity index (χ1n) is 5.05. The van der Waals surface area contributed by atoms with E-state index in [-0.39, 0.29) is 0 Å². The molecule has 0 amide bonds. The molecule has 1 saturated heterocycles. The van der Waals surface area contributed by atoms with E-state index in [1.54, 1.807) is 0 Å². The minimum atomic E-state index is 0.750. The fourth-order valence-electron chi connectivity index (χ4n) is 1.38. The van der Waals surface area contributed by atoms with E-state index in [1.165, 1.54) is 5.39 Å². The van der Waals surface area contributed by atoms with Gasteiger partial charge < -0.3 is 4.74 Å². The molecule has 2 aromatic rings. The van der Waals surface area contributed by atoms with Crippen LogP contribution in [-0.4, -0.2) is 24.9 Å². The smallest absolute Gasteiger partial charge is 0.0966 e. The van der Waals surface area contributed by atoms with Crippen molar-refractivity contribution in [3.05, 3.63) is 42.6 Å². The highest BCUT2D eigenvalue weighted by Gasteiger charge is 1.92. The van der Waals surface area contributed by atoms with E-state index in [0.717, 1.165) is 25.4 Å². The molecule has 1 N–H and O–H groups in total. The van der Waals surface area contributed by atoms with E-state index in [1.807, 2.05) is 30.5 Å². The molecule has 0 aliphatic carbocycles. The maximum absolute atomic E-state index is 4.83. The average Bonchev–Trinajstić information content (AvgIpc) is 2.88. The minimum Gasteiger partial charge on any atom is -0.365 e. The van der Waals surface area contributed by atoms with Gasteiger partial charge >= 0.3 is 0 Å². The second kappa shape index (κ2) is 5.44. The number of ether oxygens (including phenoxy) is 1. The van der Waals surface area contributed by atoms with Gasteiger partial charge in [0.15, 0.2) is 0 Å². The van der Waals surface area contributed by atoms with E-state index >= 15 is 0 Å². The van der Waals surface area contributed by atoms with Gasteiger partial charge in [-0.3, -0.25) is 10.3 Å². The molecule has 1 aromatic carbocycles. The summed E-state index contributed by atoms with van der Waals surface area (Å²) >= 11 is 0. The van der Waals surface area contributed by atoms with E-state index in [4.69, 9.17) is 4.74 Å². The van der Waals surface area contributed by atoms with Crippen LogP contribution in [-0.2, 0) is 4.74 Å². The summed E-state index contributed by atoms with van der Waals surface area (Å²) < 4.78 is 4.83. The number of para-hydroxylation sites is 1. The number of fused-ring (bicyclic) bond motifs is 1. The molecule has 0 atom stereocenters. The molecule has 0 radical (unpaired) electrons. The van der Waals surface area contributed by atoms with Crippen LogP contribution in [0.1, 0.15) is 0 Å². The Bertz CT molecular complexity index is 340. The lowest BCUT2D eigenvalue weighted by Crippen LogP contribution is -2.05. The number of hydrogen-bond acceptors (Lipinski definition) is 3. The third-order valence-electron chi connectivity index (χ3n) is 2.14. The number of rotatable bonds is 0. The summed E-state index contributed by atoms with van der Waals surface area (Å²) in [4.78, 5) is 4.18. The van der Waals surface area contributed by atoms with Crippen LogP contribution in [0.4, 0.5) is 0 Å². The predicted molar refractivity (Wildman–Crippen MR) is 60.6 cm³/mol. The Labute approximate surface area is 89.1 Å². The summed E-state index contributed by atoms with van der Waals surface area (Å²) in [5.41, 5.74) is 1.06. The van der Waals surface area contributed by atoms with Crippen LogP contribution in [0.25, 0.3) is 10.9 Å². The maximum Gasteiger partial charge on any atom is 0.0966 e. The molecule has 1 aliphatic heterocycles. The van der Waals surface area contributed by atoms with E-state index in [2.05, 4.69) is 22.4 Å². The molecule has 1 aromatic heterocycles. The number of hydrogen-bond donors (Lipinski definition) is 1. The molecular weight excluding hydrogens is 188 g/mol. The normalized spacial score (nSPS) is 14.7. The van der Waals surface area contributed by atoms with Crippen LogP contribution in [0.5, 0.6) is 0 Å². The van der Waals surface area contributed by atoms with Gasteiger partial charge in [0.1, 0.15) is 0 Å². The largest absolute Gasteiger partial charge is 0.365 e. The summed E-state index contributed by atoms with van der Waals surface area (Å²) in [5.74, 6) is 0. The number of nitrogens with zero attached hydrogens (tertiary/aromatic N) is 1. The van der Waals surface area contributed by atoms with Crippen molar-refractivity contribution >= 4 is 10.9 Å². The molecule has 0 saturated carbocycles. The van der Waals surface area contributed by atoms with Crippen LogP contribution >= 0.6 is 0 Å². The Morgan fingerprint density at radius 3 is 2.67 bits per heavy atom. The first-order valence-corrected chi connectivity index (χ1v) is 5.05. The first-order chi connectivity index (χ1) is 7.47. The number of pyridine rings is 1. The third kappa shape index (κ3) is 3.01. The SMILES string of the molecule is C1COCN1.c1ccc2ncccc2c1. The van der Waals surface area contributed by atoms with Crippen LogP contribution in [0.2, 0.25) is 0 Å². The highest BCUT2D eigenvalue weighted by atomic mass is 16.5. The van der Waals surface area contributed by atoms with Gasteiger partial charge in [-0.15, -0.1) is 0 Å². The maximum atomic E-state index is 4.83. The Kier molecular flexibility index (Phi) is 3.65. The Hall–Kier alpha value is -1.45. The summed E-state index contributed by atoms with van der Waals surface area (Å²) in [6.07, 6.45) is 1.81. The van der Waals surface area contributed by atoms with E-state index in [0.29, 0.717) is 0 Å². The summed E-state index contributed by atoms with van der Waals surface area (Å²) in [6, 6.07) is 12.1. The van der Waals surface area contributed by atoms with Crippen molar-refractivity contribution in [1.29, 1.82) is 0 Å². The van der Waals surface area contributed by atoms with Gasteiger partial charge in [0.2, 0.25) is 0 Å². The van der Waals surface area contributed by atoms with Gasteiger partial charge in [0.05, 0.1) is 18.9 Å². The summed E-state index contributed by atoms with van der Waals surface area (Å²) in [5, 5.41) is 4.20. The lowest BCUT2D eigenvalue weighted by molar-refractivity contribution is 0.194. The van der Waals surface area contributed by atoms with Gasteiger partial charge in [-0.1, -0.05) is 24.3 Å². The Morgan fingerprint density at radius 2 is 2.00 bits per heavy atom. The van der Waals surface area contributed by atoms with E-state index < -0.39 is 0 Å². The molecule has 1 aliphatic rings. The minimum absolute atomic E-state index is 0.750. The van der Waals surface area contributed by atoms with Crippen molar-refractivity contribution in [3.63, 3.8) is 0 Å². The lowest BCUT2D eigenvalue weighted by Gasteiger charge is -1.91. The molecule has 0 unspecified atom stereocenters. The average molecular weight is 202 g/mol. The molecule has 3 heteroatoms. The zero-order chi connectivity index (χ0) is 10.3. The number of nitrogens with one attached hydrogen (secondary N) is 1. The molecule has 0 bridgehead atoms. The summed E-state index contributed by atoms with van der Waals surface area (Å²) in [6.45, 7) is 2.67. The van der Waals surface area contributed by atoms with Gasteiger partial charge in [-0.25, -0.2) is 0 Å². The zero-order valence-electron chi connectivity index (χ0n) is 8.52. The molecule has 78 valence electrons. The number of benzene rings is 1. The van der Waals surface area contributed by atoms with Gasteiger partial charge in [-0.05, 0) is 12.1 Å². The topological polar surface area (TPSA) is 34.1 Å². The highest BCUT2D eigenvalue weighted by molar-refractivity contribution is 5.77. The molecular formula is C12H14N2O. The van der Waals surface area contributed by atoms with Crippen molar-refractivity contribution in [1.82, 2.24) is 10.3 Å². The van der Waals surface area contributed by atoms with Gasteiger partial charge in [-0.2, -0.15) is 0 Å². The van der Waals surface area contributed by atoms with Crippen LogP contribution in [0, 0.1) is 0 Å². The van der Waals surface area contributed by atoms with Crippen LogP contribution in [0.15, 0.2) is 42.6 Å². The fourth-order valence-corrected chi connectivity index (χ4v) is 1.38. The monoisotopic (exact) mass is 202 g/mol. The van der Waals surface area contributed by atoms with Crippen molar-refractivity contribution in [2.45, 2.75) is 0 Å². The van der Waals surface area contributed by atoms with Crippen molar-refractivity contribution < 1.29 is 4.74 Å². The highest BCUT2D eigenvalue weighted by Crippen LogP contribution is 2.07.